The summed E-state index contributed by atoms with van der Waals surface area (Å²) in [5.41, 5.74) is 7.79. The Morgan fingerprint density at radius 2 is 1.67 bits per heavy atom. The van der Waals surface area contributed by atoms with Crippen molar-refractivity contribution in [3.05, 3.63) is 51.7 Å². The molecule has 2 unspecified atom stereocenters. The molecule has 3 heteroatoms. The van der Waals surface area contributed by atoms with Crippen LogP contribution in [0, 0.1) is 6.92 Å². The molecule has 1 heterocycles. The Bertz CT molecular complexity index is 576. The summed E-state index contributed by atoms with van der Waals surface area (Å²) in [5, 5.41) is 0.323. The standard InChI is InChI=1S/C18H25NS2/c1-12-6-11-16(20-12)17(13(2)19)21-15-9-7-14(8-10-15)18(3,4)5/h6-11,13,17H,19H2,1-5H3. The quantitative estimate of drug-likeness (QED) is 0.749. The first-order valence-corrected chi connectivity index (χ1v) is 9.06. The summed E-state index contributed by atoms with van der Waals surface area (Å²) in [6.45, 7) is 11.0. The first-order valence-electron chi connectivity index (χ1n) is 7.36. The Balaban J connectivity index is 2.18. The number of thioether (sulfide) groups is 1. The lowest BCUT2D eigenvalue weighted by Gasteiger charge is -2.21. The van der Waals surface area contributed by atoms with Crippen molar-refractivity contribution in [1.82, 2.24) is 0 Å². The molecule has 0 amide bonds. The van der Waals surface area contributed by atoms with Crippen LogP contribution in [0.2, 0.25) is 0 Å². The van der Waals surface area contributed by atoms with Gasteiger partial charge in [-0.1, -0.05) is 32.9 Å². The number of thiophene rings is 1. The minimum Gasteiger partial charge on any atom is -0.327 e. The minimum atomic E-state index is 0.135. The molecular weight excluding hydrogens is 294 g/mol. The summed E-state index contributed by atoms with van der Waals surface area (Å²) in [6, 6.07) is 13.4. The first kappa shape index (κ1) is 16.6. The number of aryl methyl sites for hydroxylation is 1. The van der Waals surface area contributed by atoms with Crippen LogP contribution in [0.4, 0.5) is 0 Å². The van der Waals surface area contributed by atoms with E-state index in [1.54, 1.807) is 0 Å². The molecule has 0 spiro atoms. The number of hydrogen-bond acceptors (Lipinski definition) is 3. The van der Waals surface area contributed by atoms with Crippen molar-refractivity contribution < 1.29 is 0 Å². The van der Waals surface area contributed by atoms with Gasteiger partial charge in [0.25, 0.3) is 0 Å². The molecule has 0 aliphatic heterocycles. The van der Waals surface area contributed by atoms with Gasteiger partial charge in [0.2, 0.25) is 0 Å². The fourth-order valence-electron chi connectivity index (χ4n) is 2.21. The van der Waals surface area contributed by atoms with Gasteiger partial charge in [0.05, 0.1) is 5.25 Å². The summed E-state index contributed by atoms with van der Waals surface area (Å²) in [6.07, 6.45) is 0. The van der Waals surface area contributed by atoms with Crippen molar-refractivity contribution in [3.8, 4) is 0 Å². The topological polar surface area (TPSA) is 26.0 Å². The van der Waals surface area contributed by atoms with E-state index in [0.717, 1.165) is 0 Å². The highest BCUT2D eigenvalue weighted by Crippen LogP contribution is 2.40. The third-order valence-electron chi connectivity index (χ3n) is 3.50. The predicted octanol–water partition coefficient (Wildman–Crippen LogP) is 5.53. The van der Waals surface area contributed by atoms with E-state index in [1.165, 1.54) is 20.2 Å². The second kappa shape index (κ2) is 6.55. The highest BCUT2D eigenvalue weighted by atomic mass is 32.2. The fraction of sp³-hybridized carbons (Fsp3) is 0.444. The Morgan fingerprint density at radius 1 is 1.05 bits per heavy atom. The van der Waals surface area contributed by atoms with Gasteiger partial charge in [0.1, 0.15) is 0 Å². The summed E-state index contributed by atoms with van der Waals surface area (Å²) >= 11 is 3.72. The van der Waals surface area contributed by atoms with Crippen LogP contribution < -0.4 is 5.73 Å². The molecule has 1 nitrogen and oxygen atoms in total. The molecule has 2 atom stereocenters. The van der Waals surface area contributed by atoms with E-state index >= 15 is 0 Å². The van der Waals surface area contributed by atoms with Crippen molar-refractivity contribution in [2.75, 3.05) is 0 Å². The van der Waals surface area contributed by atoms with E-state index in [9.17, 15) is 0 Å². The average molecular weight is 320 g/mol. The molecule has 0 bridgehead atoms. The molecular formula is C18H25NS2. The Kier molecular flexibility index (Phi) is 5.18. The zero-order valence-corrected chi connectivity index (χ0v) is 15.1. The maximum absolute atomic E-state index is 6.21. The lowest BCUT2D eigenvalue weighted by molar-refractivity contribution is 0.589. The monoisotopic (exact) mass is 319 g/mol. The van der Waals surface area contributed by atoms with Gasteiger partial charge in [-0.2, -0.15) is 0 Å². The predicted molar refractivity (Wildman–Crippen MR) is 96.4 cm³/mol. The van der Waals surface area contributed by atoms with Gasteiger partial charge in [-0.05, 0) is 49.1 Å². The van der Waals surface area contributed by atoms with Crippen LogP contribution in [-0.2, 0) is 5.41 Å². The van der Waals surface area contributed by atoms with Crippen LogP contribution in [0.25, 0.3) is 0 Å². The maximum atomic E-state index is 6.21. The van der Waals surface area contributed by atoms with E-state index in [1.807, 2.05) is 23.1 Å². The van der Waals surface area contributed by atoms with Crippen LogP contribution >= 0.6 is 23.1 Å². The Labute approximate surface area is 137 Å². The molecule has 2 aromatic rings. The average Bonchev–Trinajstić information content (AvgIpc) is 2.81. The normalized spacial score (nSPS) is 15.0. The molecule has 0 aliphatic carbocycles. The van der Waals surface area contributed by atoms with E-state index in [0.29, 0.717) is 5.25 Å². The lowest BCUT2D eigenvalue weighted by atomic mass is 9.87. The van der Waals surface area contributed by atoms with Crippen LogP contribution in [0.1, 0.15) is 48.3 Å². The maximum Gasteiger partial charge on any atom is 0.0586 e. The molecule has 2 rings (SSSR count). The summed E-state index contributed by atoms with van der Waals surface area (Å²) in [7, 11) is 0. The molecule has 21 heavy (non-hydrogen) atoms. The van der Waals surface area contributed by atoms with Crippen molar-refractivity contribution in [2.24, 2.45) is 5.73 Å². The third kappa shape index (κ3) is 4.35. The van der Waals surface area contributed by atoms with Gasteiger partial charge in [0.15, 0.2) is 0 Å². The highest BCUT2D eigenvalue weighted by molar-refractivity contribution is 7.99. The molecule has 0 saturated heterocycles. The first-order chi connectivity index (χ1) is 9.77. The number of benzene rings is 1. The van der Waals surface area contributed by atoms with E-state index in [-0.39, 0.29) is 11.5 Å². The fourth-order valence-corrected chi connectivity index (χ4v) is 4.47. The molecule has 0 fully saturated rings. The van der Waals surface area contributed by atoms with Crippen molar-refractivity contribution in [1.29, 1.82) is 0 Å². The molecule has 1 aromatic carbocycles. The molecule has 0 aliphatic rings. The SMILES string of the molecule is Cc1ccc(C(Sc2ccc(C(C)(C)C)cc2)C(C)N)s1. The van der Waals surface area contributed by atoms with Crippen LogP contribution in [0.15, 0.2) is 41.3 Å². The number of nitrogens with two attached hydrogens (primary N) is 1. The largest absolute Gasteiger partial charge is 0.327 e. The summed E-state index contributed by atoms with van der Waals surface area (Å²) < 4.78 is 0. The Morgan fingerprint density at radius 3 is 2.10 bits per heavy atom. The van der Waals surface area contributed by atoms with Crippen molar-refractivity contribution in [2.45, 2.75) is 56.2 Å². The van der Waals surface area contributed by atoms with Gasteiger partial charge in [0, 0.05) is 20.7 Å². The lowest BCUT2D eigenvalue weighted by Crippen LogP contribution is -2.21. The Hall–Kier alpha value is -0.770. The zero-order valence-electron chi connectivity index (χ0n) is 13.5. The van der Waals surface area contributed by atoms with Crippen LogP contribution in [-0.4, -0.2) is 6.04 Å². The van der Waals surface area contributed by atoms with E-state index in [2.05, 4.69) is 71.0 Å². The zero-order chi connectivity index (χ0) is 15.6. The number of rotatable bonds is 4. The van der Waals surface area contributed by atoms with Gasteiger partial charge < -0.3 is 5.73 Å². The molecule has 2 N–H and O–H groups in total. The van der Waals surface area contributed by atoms with Crippen LogP contribution in [0.5, 0.6) is 0 Å². The summed E-state index contributed by atoms with van der Waals surface area (Å²) in [5.74, 6) is 0. The van der Waals surface area contributed by atoms with Gasteiger partial charge in [-0.25, -0.2) is 0 Å². The molecule has 114 valence electrons. The van der Waals surface area contributed by atoms with Crippen LogP contribution in [0.3, 0.4) is 0 Å². The second-order valence-electron chi connectivity index (χ2n) is 6.62. The molecule has 1 aromatic heterocycles. The van der Waals surface area contributed by atoms with E-state index in [4.69, 9.17) is 5.73 Å². The van der Waals surface area contributed by atoms with Gasteiger partial charge >= 0.3 is 0 Å². The minimum absolute atomic E-state index is 0.135. The molecule has 0 saturated carbocycles. The summed E-state index contributed by atoms with van der Waals surface area (Å²) in [4.78, 5) is 4.00. The van der Waals surface area contributed by atoms with Crippen molar-refractivity contribution in [3.63, 3.8) is 0 Å². The number of hydrogen-bond donors (Lipinski definition) is 1. The van der Waals surface area contributed by atoms with Gasteiger partial charge in [-0.3, -0.25) is 0 Å². The smallest absolute Gasteiger partial charge is 0.0586 e. The van der Waals surface area contributed by atoms with Gasteiger partial charge in [-0.15, -0.1) is 23.1 Å². The highest BCUT2D eigenvalue weighted by Gasteiger charge is 2.20. The third-order valence-corrected chi connectivity index (χ3v) is 6.22. The second-order valence-corrected chi connectivity index (χ2v) is 9.15. The molecule has 0 radical (unpaired) electrons. The van der Waals surface area contributed by atoms with Crippen molar-refractivity contribution >= 4 is 23.1 Å². The van der Waals surface area contributed by atoms with E-state index < -0.39 is 0 Å².